The molecule has 26 heavy (non-hydrogen) atoms. The Morgan fingerprint density at radius 3 is 2.38 bits per heavy atom. The van der Waals surface area contributed by atoms with Crippen molar-refractivity contribution in [2.24, 2.45) is 5.10 Å². The van der Waals surface area contributed by atoms with Crippen LogP contribution in [0.2, 0.25) is 0 Å². The number of nitrogens with zero attached hydrogens (tertiary/aromatic N) is 2. The minimum absolute atomic E-state index is 0.0207. The molecule has 0 bridgehead atoms. The summed E-state index contributed by atoms with van der Waals surface area (Å²) in [6.45, 7) is 0.0624. The number of carbonyl (C=O) groups excluding carboxylic acids is 3. The lowest BCUT2D eigenvalue weighted by atomic mass is 10.1. The number of esters is 2. The van der Waals surface area contributed by atoms with Crippen molar-refractivity contribution in [1.82, 2.24) is 0 Å². The molecule has 1 fully saturated rings. The molecule has 1 aromatic rings. The molecular formula is C15H10F4N2O5. The zero-order chi connectivity index (χ0) is 19.0. The summed E-state index contributed by atoms with van der Waals surface area (Å²) in [5.41, 5.74) is -1.81. The lowest BCUT2D eigenvalue weighted by Gasteiger charge is -2.24. The predicted octanol–water partition coefficient (Wildman–Crippen LogP) is 1.58. The van der Waals surface area contributed by atoms with Gasteiger partial charge in [-0.05, 0) is 0 Å². The summed E-state index contributed by atoms with van der Waals surface area (Å²) >= 11 is 0. The fourth-order valence-electron chi connectivity index (χ4n) is 2.40. The number of rotatable bonds is 3. The van der Waals surface area contributed by atoms with E-state index in [1.165, 1.54) is 0 Å². The molecule has 1 saturated heterocycles. The second-order valence-electron chi connectivity index (χ2n) is 5.42. The number of halogens is 4. The first kappa shape index (κ1) is 17.8. The van der Waals surface area contributed by atoms with Crippen molar-refractivity contribution in [3.8, 4) is 0 Å². The number of hydrogen-bond donors (Lipinski definition) is 0. The van der Waals surface area contributed by atoms with Gasteiger partial charge in [-0.2, -0.15) is 10.1 Å². The Hall–Kier alpha value is -2.98. The monoisotopic (exact) mass is 374 g/mol. The first-order valence-electron chi connectivity index (χ1n) is 7.40. The van der Waals surface area contributed by atoms with Gasteiger partial charge in [0.15, 0.2) is 23.3 Å². The largest absolute Gasteiger partial charge is 0.463 e. The molecule has 1 atom stereocenters. The second-order valence-corrected chi connectivity index (χ2v) is 5.42. The van der Waals surface area contributed by atoms with Crippen LogP contribution in [0.1, 0.15) is 19.3 Å². The summed E-state index contributed by atoms with van der Waals surface area (Å²) in [5, 5.41) is 3.54. The molecule has 0 N–H and O–H groups in total. The molecule has 1 aromatic carbocycles. The smallest absolute Gasteiger partial charge is 0.355 e. The molecule has 0 aliphatic carbocycles. The lowest BCUT2D eigenvalue weighted by Crippen LogP contribution is -2.37. The number of hydrazone groups is 1. The first-order valence-corrected chi connectivity index (χ1v) is 7.40. The highest BCUT2D eigenvalue weighted by Gasteiger charge is 2.35. The highest BCUT2D eigenvalue weighted by atomic mass is 19.2. The molecule has 0 aromatic heterocycles. The maximum atomic E-state index is 13.9. The molecule has 3 rings (SSSR count). The maximum absolute atomic E-state index is 13.9. The molecule has 1 amide bonds. The van der Waals surface area contributed by atoms with Gasteiger partial charge in [0.2, 0.25) is 12.0 Å². The predicted molar refractivity (Wildman–Crippen MR) is 75.9 cm³/mol. The van der Waals surface area contributed by atoms with E-state index in [1.807, 2.05) is 0 Å². The van der Waals surface area contributed by atoms with Gasteiger partial charge in [0, 0.05) is 25.3 Å². The van der Waals surface area contributed by atoms with E-state index in [1.54, 1.807) is 0 Å². The van der Waals surface area contributed by atoms with Crippen molar-refractivity contribution < 1.29 is 41.4 Å². The summed E-state index contributed by atoms with van der Waals surface area (Å²) in [6.07, 6.45) is -1.69. The summed E-state index contributed by atoms with van der Waals surface area (Å²) in [4.78, 5) is 35.3. The molecule has 11 heteroatoms. The zero-order valence-corrected chi connectivity index (χ0v) is 12.9. The topological polar surface area (TPSA) is 85.3 Å². The van der Waals surface area contributed by atoms with Crippen LogP contribution in [0.3, 0.4) is 0 Å². The fraction of sp³-hybridized carbons (Fsp3) is 0.333. The van der Waals surface area contributed by atoms with Gasteiger partial charge in [-0.15, -0.1) is 0 Å². The van der Waals surface area contributed by atoms with E-state index in [2.05, 4.69) is 9.84 Å². The minimum Gasteiger partial charge on any atom is -0.463 e. The summed E-state index contributed by atoms with van der Waals surface area (Å²) in [6, 6.07) is -0.0207. The van der Waals surface area contributed by atoms with Crippen LogP contribution < -0.4 is 5.01 Å². The molecule has 7 nitrogen and oxygen atoms in total. The molecule has 2 aliphatic heterocycles. The average molecular weight is 374 g/mol. The Balaban J connectivity index is 1.93. The zero-order valence-electron chi connectivity index (χ0n) is 12.9. The summed E-state index contributed by atoms with van der Waals surface area (Å²) in [7, 11) is 0. The van der Waals surface area contributed by atoms with Gasteiger partial charge < -0.3 is 9.47 Å². The van der Waals surface area contributed by atoms with Crippen molar-refractivity contribution in [3.63, 3.8) is 0 Å². The van der Waals surface area contributed by atoms with Gasteiger partial charge in [-0.3, -0.25) is 4.79 Å². The maximum Gasteiger partial charge on any atom is 0.355 e. The van der Waals surface area contributed by atoms with E-state index in [0.717, 1.165) is 0 Å². The van der Waals surface area contributed by atoms with Crippen molar-refractivity contribution in [3.05, 3.63) is 29.3 Å². The van der Waals surface area contributed by atoms with Gasteiger partial charge in [0.25, 0.3) is 0 Å². The standard InChI is InChI=1S/C15H10F4N2O5/c16-6-5-7(17)12(19)13(11(6)18)21-10(22)2-1-8(20-21)14(23)26-9-3-4-25-15(9)24/h5,9H,1-4H2/t9-/m0/s1. The van der Waals surface area contributed by atoms with E-state index in [9.17, 15) is 31.9 Å². The molecule has 0 unspecified atom stereocenters. The molecule has 0 spiro atoms. The molecule has 138 valence electrons. The Labute approximate surface area is 143 Å². The molecule has 2 heterocycles. The van der Waals surface area contributed by atoms with Gasteiger partial charge in [-0.1, -0.05) is 0 Å². The molecular weight excluding hydrogens is 364 g/mol. The van der Waals surface area contributed by atoms with Gasteiger partial charge >= 0.3 is 11.9 Å². The molecule has 0 radical (unpaired) electrons. The van der Waals surface area contributed by atoms with Crippen LogP contribution in [0, 0.1) is 23.3 Å². The number of carbonyl (C=O) groups is 3. The van der Waals surface area contributed by atoms with E-state index < -0.39 is 65.0 Å². The number of benzene rings is 1. The highest BCUT2D eigenvalue weighted by molar-refractivity contribution is 6.38. The number of cyclic esters (lactones) is 1. The number of ether oxygens (including phenoxy) is 2. The Morgan fingerprint density at radius 1 is 1.15 bits per heavy atom. The Morgan fingerprint density at radius 2 is 1.81 bits per heavy atom. The van der Waals surface area contributed by atoms with Gasteiger partial charge in [0.1, 0.15) is 11.4 Å². The number of anilines is 1. The Kier molecular flexibility index (Phi) is 4.62. The van der Waals surface area contributed by atoms with E-state index in [0.29, 0.717) is 0 Å². The third-order valence-electron chi connectivity index (χ3n) is 3.71. The van der Waals surface area contributed by atoms with E-state index >= 15 is 0 Å². The van der Waals surface area contributed by atoms with Crippen molar-refractivity contribution in [1.29, 1.82) is 0 Å². The van der Waals surface area contributed by atoms with Crippen LogP contribution >= 0.6 is 0 Å². The average Bonchev–Trinajstić information content (AvgIpc) is 2.99. The van der Waals surface area contributed by atoms with Crippen molar-refractivity contribution in [2.75, 3.05) is 11.6 Å². The Bertz CT molecular complexity index is 816. The minimum atomic E-state index is -1.84. The summed E-state index contributed by atoms with van der Waals surface area (Å²) in [5.74, 6) is -9.98. The first-order chi connectivity index (χ1) is 12.3. The highest BCUT2D eigenvalue weighted by Crippen LogP contribution is 2.30. The number of hydrogen-bond acceptors (Lipinski definition) is 6. The SMILES string of the molecule is O=C(O[C@H]1CCOC1=O)C1=NN(c2c(F)c(F)cc(F)c2F)C(=O)CC1. The third kappa shape index (κ3) is 3.11. The van der Waals surface area contributed by atoms with Crippen molar-refractivity contribution >= 4 is 29.2 Å². The third-order valence-corrected chi connectivity index (χ3v) is 3.71. The van der Waals surface area contributed by atoms with E-state index in [4.69, 9.17) is 4.74 Å². The van der Waals surface area contributed by atoms with Crippen LogP contribution in [0.4, 0.5) is 23.2 Å². The van der Waals surface area contributed by atoms with Crippen LogP contribution in [-0.4, -0.2) is 36.3 Å². The quantitative estimate of drug-likeness (QED) is 0.456. The van der Waals surface area contributed by atoms with Crippen LogP contribution in [0.25, 0.3) is 0 Å². The lowest BCUT2D eigenvalue weighted by molar-refractivity contribution is -0.155. The van der Waals surface area contributed by atoms with Crippen LogP contribution in [0.15, 0.2) is 11.2 Å². The van der Waals surface area contributed by atoms with Crippen molar-refractivity contribution in [2.45, 2.75) is 25.4 Å². The van der Waals surface area contributed by atoms with Crippen LogP contribution in [-0.2, 0) is 23.9 Å². The molecule has 0 saturated carbocycles. The summed E-state index contributed by atoms with van der Waals surface area (Å²) < 4.78 is 64.0. The second kappa shape index (κ2) is 6.73. The van der Waals surface area contributed by atoms with Crippen LogP contribution in [0.5, 0.6) is 0 Å². The van der Waals surface area contributed by atoms with Gasteiger partial charge in [-0.25, -0.2) is 27.2 Å². The normalized spacial score (nSPS) is 20.1. The van der Waals surface area contributed by atoms with E-state index in [-0.39, 0.29) is 30.5 Å². The number of amides is 1. The fourth-order valence-corrected chi connectivity index (χ4v) is 2.40. The van der Waals surface area contributed by atoms with Gasteiger partial charge in [0.05, 0.1) is 6.61 Å². The molecule has 2 aliphatic rings.